The highest BCUT2D eigenvalue weighted by Crippen LogP contribution is 2.12. The Morgan fingerprint density at radius 1 is 1.18 bits per heavy atom. The average Bonchev–Trinajstić information content (AvgIpc) is 2.42. The molecule has 0 unspecified atom stereocenters. The van der Waals surface area contributed by atoms with Crippen molar-refractivity contribution in [1.29, 1.82) is 0 Å². The summed E-state index contributed by atoms with van der Waals surface area (Å²) < 4.78 is 4.91. The molecule has 0 amide bonds. The average molecular weight is 236 g/mol. The third-order valence-electron chi connectivity index (χ3n) is 2.83. The number of hydrogen-bond donors (Lipinski definition) is 0. The SMILES string of the molecule is CCC(CC)CCC=O.COc1ccccc1. The molecule has 2 nitrogen and oxygen atoms in total. The van der Waals surface area contributed by atoms with Gasteiger partial charge in [-0.2, -0.15) is 0 Å². The van der Waals surface area contributed by atoms with Crippen molar-refractivity contribution in [3.63, 3.8) is 0 Å². The molecule has 0 heterocycles. The lowest BCUT2D eigenvalue weighted by atomic mass is 9.98. The van der Waals surface area contributed by atoms with Crippen molar-refractivity contribution in [2.24, 2.45) is 5.92 Å². The summed E-state index contributed by atoms with van der Waals surface area (Å²) in [4.78, 5) is 9.94. The summed E-state index contributed by atoms with van der Waals surface area (Å²) in [7, 11) is 1.66. The van der Waals surface area contributed by atoms with Crippen LogP contribution in [0.3, 0.4) is 0 Å². The summed E-state index contributed by atoms with van der Waals surface area (Å²) in [6.45, 7) is 4.36. The van der Waals surface area contributed by atoms with Crippen molar-refractivity contribution in [3.8, 4) is 5.75 Å². The summed E-state index contributed by atoms with van der Waals surface area (Å²) in [5.74, 6) is 1.68. The van der Waals surface area contributed by atoms with E-state index in [1.54, 1.807) is 7.11 Å². The predicted octanol–water partition coefficient (Wildman–Crippen LogP) is 4.10. The Labute approximate surface area is 105 Å². The van der Waals surface area contributed by atoms with Gasteiger partial charge in [0, 0.05) is 6.42 Å². The highest BCUT2D eigenvalue weighted by molar-refractivity contribution is 5.49. The molecule has 0 aliphatic carbocycles. The maximum absolute atomic E-state index is 9.94. The van der Waals surface area contributed by atoms with E-state index in [-0.39, 0.29) is 0 Å². The molecule has 2 heteroatoms. The number of benzene rings is 1. The minimum atomic E-state index is 0.742. The van der Waals surface area contributed by atoms with E-state index in [9.17, 15) is 4.79 Å². The van der Waals surface area contributed by atoms with E-state index in [1.807, 2.05) is 30.3 Å². The van der Waals surface area contributed by atoms with Gasteiger partial charge in [-0.05, 0) is 24.5 Å². The molecule has 0 aliphatic rings. The molecule has 96 valence electrons. The summed E-state index contributed by atoms with van der Waals surface area (Å²) in [5.41, 5.74) is 0. The molecule has 0 aliphatic heterocycles. The summed E-state index contributed by atoms with van der Waals surface area (Å²) in [5, 5.41) is 0. The lowest BCUT2D eigenvalue weighted by Crippen LogP contribution is -1.96. The van der Waals surface area contributed by atoms with Crippen molar-refractivity contribution in [2.45, 2.75) is 39.5 Å². The zero-order chi connectivity index (χ0) is 12.9. The molecule has 0 radical (unpaired) electrons. The lowest BCUT2D eigenvalue weighted by Gasteiger charge is -2.07. The Bertz CT molecular complexity index is 266. The number of carbonyl (C=O) groups excluding carboxylic acids is 1. The standard InChI is InChI=1S/C8H16O.C7H8O/c1-3-8(4-2)6-5-7-9;1-8-7-5-3-2-4-6-7/h7-8H,3-6H2,1-2H3;2-6H,1H3. The van der Waals surface area contributed by atoms with Crippen LogP contribution in [-0.2, 0) is 4.79 Å². The van der Waals surface area contributed by atoms with Gasteiger partial charge in [-0.15, -0.1) is 0 Å². The fourth-order valence-corrected chi connectivity index (χ4v) is 1.56. The Kier molecular flexibility index (Phi) is 10.3. The van der Waals surface area contributed by atoms with Gasteiger partial charge < -0.3 is 9.53 Å². The summed E-state index contributed by atoms with van der Waals surface area (Å²) in [6.07, 6.45) is 5.26. The number of methoxy groups -OCH3 is 1. The van der Waals surface area contributed by atoms with E-state index >= 15 is 0 Å². The van der Waals surface area contributed by atoms with Gasteiger partial charge in [-0.25, -0.2) is 0 Å². The normalized spacial score (nSPS) is 9.41. The molecular formula is C15H24O2. The minimum Gasteiger partial charge on any atom is -0.497 e. The molecule has 0 spiro atoms. The molecule has 0 aromatic heterocycles. The van der Waals surface area contributed by atoms with Crippen LogP contribution < -0.4 is 4.74 Å². The van der Waals surface area contributed by atoms with Crippen molar-refractivity contribution in [1.82, 2.24) is 0 Å². The van der Waals surface area contributed by atoms with Gasteiger partial charge in [0.2, 0.25) is 0 Å². The molecule has 0 saturated heterocycles. The van der Waals surface area contributed by atoms with E-state index < -0.39 is 0 Å². The molecule has 1 rings (SSSR count). The molecule has 17 heavy (non-hydrogen) atoms. The topological polar surface area (TPSA) is 26.3 Å². The predicted molar refractivity (Wildman–Crippen MR) is 72.4 cm³/mol. The first-order valence-corrected chi connectivity index (χ1v) is 6.31. The lowest BCUT2D eigenvalue weighted by molar-refractivity contribution is -0.108. The molecule has 1 aromatic rings. The van der Waals surface area contributed by atoms with Crippen molar-refractivity contribution < 1.29 is 9.53 Å². The second kappa shape index (κ2) is 11.2. The van der Waals surface area contributed by atoms with E-state index in [4.69, 9.17) is 4.74 Å². The van der Waals surface area contributed by atoms with E-state index in [1.165, 1.54) is 12.8 Å². The maximum atomic E-state index is 9.94. The number of para-hydroxylation sites is 1. The van der Waals surface area contributed by atoms with Crippen molar-refractivity contribution >= 4 is 6.29 Å². The van der Waals surface area contributed by atoms with Crippen LogP contribution in [-0.4, -0.2) is 13.4 Å². The number of rotatable bonds is 6. The van der Waals surface area contributed by atoms with E-state index in [2.05, 4.69) is 13.8 Å². The third-order valence-corrected chi connectivity index (χ3v) is 2.83. The second-order valence-electron chi connectivity index (χ2n) is 3.94. The van der Waals surface area contributed by atoms with Gasteiger partial charge in [0.15, 0.2) is 0 Å². The van der Waals surface area contributed by atoms with Crippen LogP contribution in [0.5, 0.6) is 5.75 Å². The van der Waals surface area contributed by atoms with Gasteiger partial charge in [-0.1, -0.05) is 44.9 Å². The van der Waals surface area contributed by atoms with Gasteiger partial charge in [0.25, 0.3) is 0 Å². The number of carbonyl (C=O) groups is 1. The smallest absolute Gasteiger partial charge is 0.120 e. The second-order valence-corrected chi connectivity index (χ2v) is 3.94. The molecule has 0 bridgehead atoms. The number of aldehydes is 1. The summed E-state index contributed by atoms with van der Waals surface area (Å²) >= 11 is 0. The van der Waals surface area contributed by atoms with Crippen LogP contribution in [0.25, 0.3) is 0 Å². The number of hydrogen-bond acceptors (Lipinski definition) is 2. The number of ether oxygens (including phenoxy) is 1. The Hall–Kier alpha value is -1.31. The quantitative estimate of drug-likeness (QED) is 0.695. The first-order chi connectivity index (χ1) is 8.28. The van der Waals surface area contributed by atoms with Crippen molar-refractivity contribution in [3.05, 3.63) is 30.3 Å². The van der Waals surface area contributed by atoms with E-state index in [0.29, 0.717) is 0 Å². The van der Waals surface area contributed by atoms with Gasteiger partial charge in [0.05, 0.1) is 7.11 Å². The van der Waals surface area contributed by atoms with Crippen LogP contribution >= 0.6 is 0 Å². The Morgan fingerprint density at radius 2 is 1.76 bits per heavy atom. The van der Waals surface area contributed by atoms with Crippen LogP contribution in [0.15, 0.2) is 30.3 Å². The molecule has 0 N–H and O–H groups in total. The molecular weight excluding hydrogens is 212 g/mol. The fraction of sp³-hybridized carbons (Fsp3) is 0.533. The van der Waals surface area contributed by atoms with Crippen LogP contribution in [0.2, 0.25) is 0 Å². The molecule has 0 fully saturated rings. The fourth-order valence-electron chi connectivity index (χ4n) is 1.56. The monoisotopic (exact) mass is 236 g/mol. The molecule has 1 aromatic carbocycles. The zero-order valence-corrected chi connectivity index (χ0v) is 11.2. The zero-order valence-electron chi connectivity index (χ0n) is 11.2. The van der Waals surface area contributed by atoms with Gasteiger partial charge in [-0.3, -0.25) is 0 Å². The maximum Gasteiger partial charge on any atom is 0.120 e. The third kappa shape index (κ3) is 8.49. The van der Waals surface area contributed by atoms with Gasteiger partial charge in [0.1, 0.15) is 12.0 Å². The summed E-state index contributed by atoms with van der Waals surface area (Å²) in [6, 6.07) is 9.68. The highest BCUT2D eigenvalue weighted by Gasteiger charge is 2.00. The Balaban J connectivity index is 0.000000302. The first-order valence-electron chi connectivity index (χ1n) is 6.31. The largest absolute Gasteiger partial charge is 0.497 e. The Morgan fingerprint density at radius 3 is 2.12 bits per heavy atom. The molecule has 0 atom stereocenters. The van der Waals surface area contributed by atoms with Crippen LogP contribution in [0.4, 0.5) is 0 Å². The van der Waals surface area contributed by atoms with Crippen molar-refractivity contribution in [2.75, 3.05) is 7.11 Å². The highest BCUT2D eigenvalue weighted by atomic mass is 16.5. The van der Waals surface area contributed by atoms with Crippen LogP contribution in [0, 0.1) is 5.92 Å². The molecule has 0 saturated carbocycles. The first kappa shape index (κ1) is 15.7. The minimum absolute atomic E-state index is 0.742. The van der Waals surface area contributed by atoms with Gasteiger partial charge >= 0.3 is 0 Å². The van der Waals surface area contributed by atoms with Crippen LogP contribution in [0.1, 0.15) is 39.5 Å². The van der Waals surface area contributed by atoms with E-state index in [0.717, 1.165) is 30.8 Å².